The summed E-state index contributed by atoms with van der Waals surface area (Å²) in [6.45, 7) is 0. The average molecular weight is 300 g/mol. The van der Waals surface area contributed by atoms with E-state index in [4.69, 9.17) is 11.6 Å². The summed E-state index contributed by atoms with van der Waals surface area (Å²) in [5.41, 5.74) is 1.91. The predicted octanol–water partition coefficient (Wildman–Crippen LogP) is 4.45. The van der Waals surface area contributed by atoms with Crippen molar-refractivity contribution in [3.05, 3.63) is 76.7 Å². The molecule has 1 aromatic heterocycles. The predicted molar refractivity (Wildman–Crippen MR) is 81.2 cm³/mol. The first-order valence-electron chi connectivity index (χ1n) is 6.46. The minimum atomic E-state index is -0.531. The number of rotatable bonds is 3. The zero-order valence-electron chi connectivity index (χ0n) is 11.0. The Morgan fingerprint density at radius 2 is 1.90 bits per heavy atom. The first kappa shape index (κ1) is 13.7. The second-order valence-electron chi connectivity index (χ2n) is 4.72. The molecule has 0 bridgehead atoms. The van der Waals surface area contributed by atoms with E-state index in [1.54, 1.807) is 0 Å². The Labute approximate surface area is 126 Å². The molecule has 0 atom stereocenters. The molecular formula is C17H11ClFNO. The van der Waals surface area contributed by atoms with E-state index in [1.165, 1.54) is 18.2 Å². The van der Waals surface area contributed by atoms with E-state index in [0.717, 1.165) is 10.9 Å². The number of aromatic nitrogens is 1. The van der Waals surface area contributed by atoms with Crippen molar-refractivity contribution < 1.29 is 9.18 Å². The Bertz CT molecular complexity index is 832. The number of hydrogen-bond donors (Lipinski definition) is 0. The Morgan fingerprint density at radius 3 is 2.71 bits per heavy atom. The fourth-order valence-electron chi connectivity index (χ4n) is 2.14. The Kier molecular flexibility index (Phi) is 3.67. The third-order valence-electron chi connectivity index (χ3n) is 3.24. The highest BCUT2D eigenvalue weighted by Gasteiger charge is 2.11. The normalized spacial score (nSPS) is 10.8. The number of carbonyl (C=O) groups excluding carboxylic acids is 1. The number of carbonyl (C=O) groups is 1. The van der Waals surface area contributed by atoms with Crippen LogP contribution >= 0.6 is 11.6 Å². The molecule has 0 unspecified atom stereocenters. The number of ketones is 1. The monoisotopic (exact) mass is 299 g/mol. The highest BCUT2D eigenvalue weighted by molar-refractivity contribution is 6.31. The maximum absolute atomic E-state index is 13.1. The zero-order chi connectivity index (χ0) is 14.8. The number of para-hydroxylation sites is 1. The van der Waals surface area contributed by atoms with Crippen LogP contribution in [-0.2, 0) is 6.42 Å². The van der Waals surface area contributed by atoms with Crippen LogP contribution in [0.5, 0.6) is 0 Å². The van der Waals surface area contributed by atoms with Crippen LogP contribution in [0.1, 0.15) is 16.1 Å². The average Bonchev–Trinajstić information content (AvgIpc) is 2.50. The lowest BCUT2D eigenvalue weighted by molar-refractivity contribution is 0.0992. The van der Waals surface area contributed by atoms with Gasteiger partial charge in [-0.15, -0.1) is 0 Å². The van der Waals surface area contributed by atoms with E-state index in [2.05, 4.69) is 4.98 Å². The minimum absolute atomic E-state index is 0.0488. The molecule has 3 aromatic rings. The molecule has 0 radical (unpaired) electrons. The van der Waals surface area contributed by atoms with Gasteiger partial charge in [0.1, 0.15) is 5.82 Å². The van der Waals surface area contributed by atoms with Gasteiger partial charge in [-0.25, -0.2) is 4.39 Å². The van der Waals surface area contributed by atoms with Gasteiger partial charge in [0.2, 0.25) is 0 Å². The lowest BCUT2D eigenvalue weighted by atomic mass is 10.1. The highest BCUT2D eigenvalue weighted by Crippen LogP contribution is 2.18. The lowest BCUT2D eigenvalue weighted by Gasteiger charge is -2.04. The van der Waals surface area contributed by atoms with Gasteiger partial charge in [0.15, 0.2) is 5.78 Å². The standard InChI is InChI=1S/C17H11ClFNO/c18-14-9-12(6-8-15(14)19)17(21)10-13-7-5-11-3-1-2-4-16(11)20-13/h1-9H,10H2. The van der Waals surface area contributed by atoms with Crippen molar-refractivity contribution in [2.24, 2.45) is 0 Å². The van der Waals surface area contributed by atoms with Gasteiger partial charge in [0, 0.05) is 16.6 Å². The maximum Gasteiger partial charge on any atom is 0.168 e. The maximum atomic E-state index is 13.1. The largest absolute Gasteiger partial charge is 0.294 e. The van der Waals surface area contributed by atoms with Gasteiger partial charge < -0.3 is 0 Å². The molecule has 0 aliphatic carbocycles. The fourth-order valence-corrected chi connectivity index (χ4v) is 2.32. The van der Waals surface area contributed by atoms with Crippen molar-refractivity contribution in [2.45, 2.75) is 6.42 Å². The molecule has 2 nitrogen and oxygen atoms in total. The van der Waals surface area contributed by atoms with Crippen LogP contribution in [-0.4, -0.2) is 10.8 Å². The summed E-state index contributed by atoms with van der Waals surface area (Å²) in [5.74, 6) is -0.670. The number of hydrogen-bond acceptors (Lipinski definition) is 2. The number of Topliss-reactive ketones (excluding diaryl/α,β-unsaturated/α-hetero) is 1. The first-order chi connectivity index (χ1) is 10.1. The second kappa shape index (κ2) is 5.62. The fraction of sp³-hybridized carbons (Fsp3) is 0.0588. The van der Waals surface area contributed by atoms with Crippen molar-refractivity contribution in [3.8, 4) is 0 Å². The SMILES string of the molecule is O=C(Cc1ccc2ccccc2n1)c1ccc(F)c(Cl)c1. The van der Waals surface area contributed by atoms with E-state index in [9.17, 15) is 9.18 Å². The second-order valence-corrected chi connectivity index (χ2v) is 5.13. The Balaban J connectivity index is 1.87. The van der Waals surface area contributed by atoms with Crippen LogP contribution in [0, 0.1) is 5.82 Å². The molecule has 0 saturated heterocycles. The third-order valence-corrected chi connectivity index (χ3v) is 3.53. The lowest BCUT2D eigenvalue weighted by Crippen LogP contribution is -2.05. The number of benzene rings is 2. The van der Waals surface area contributed by atoms with Gasteiger partial charge in [0.05, 0.1) is 17.0 Å². The number of halogens is 2. The topological polar surface area (TPSA) is 30.0 Å². The molecule has 0 aliphatic rings. The molecule has 0 N–H and O–H groups in total. The van der Waals surface area contributed by atoms with Crippen LogP contribution < -0.4 is 0 Å². The molecule has 0 fully saturated rings. The van der Waals surface area contributed by atoms with Crippen LogP contribution in [0.15, 0.2) is 54.6 Å². The van der Waals surface area contributed by atoms with Crippen molar-refractivity contribution in [1.82, 2.24) is 4.98 Å². The molecule has 21 heavy (non-hydrogen) atoms. The van der Waals surface area contributed by atoms with Gasteiger partial charge in [-0.05, 0) is 30.3 Å². The van der Waals surface area contributed by atoms with Crippen LogP contribution in [0.3, 0.4) is 0 Å². The molecule has 1 heterocycles. The van der Waals surface area contributed by atoms with Gasteiger partial charge in [0.25, 0.3) is 0 Å². The van der Waals surface area contributed by atoms with Crippen molar-refractivity contribution in [2.75, 3.05) is 0 Å². The summed E-state index contributed by atoms with van der Waals surface area (Å²) in [7, 11) is 0. The first-order valence-corrected chi connectivity index (χ1v) is 6.84. The number of pyridine rings is 1. The van der Waals surface area contributed by atoms with E-state index < -0.39 is 5.82 Å². The van der Waals surface area contributed by atoms with E-state index in [-0.39, 0.29) is 17.2 Å². The van der Waals surface area contributed by atoms with Crippen molar-refractivity contribution in [1.29, 1.82) is 0 Å². The molecule has 4 heteroatoms. The molecule has 0 saturated carbocycles. The number of fused-ring (bicyclic) bond motifs is 1. The van der Waals surface area contributed by atoms with E-state index in [0.29, 0.717) is 11.3 Å². The van der Waals surface area contributed by atoms with E-state index >= 15 is 0 Å². The Hall–Kier alpha value is -2.26. The highest BCUT2D eigenvalue weighted by atomic mass is 35.5. The molecule has 0 spiro atoms. The molecule has 3 rings (SSSR count). The van der Waals surface area contributed by atoms with Crippen LogP contribution in [0.4, 0.5) is 4.39 Å². The number of nitrogens with zero attached hydrogens (tertiary/aromatic N) is 1. The third kappa shape index (κ3) is 2.93. The van der Waals surface area contributed by atoms with Crippen molar-refractivity contribution >= 4 is 28.3 Å². The van der Waals surface area contributed by atoms with Gasteiger partial charge in [-0.1, -0.05) is 35.9 Å². The van der Waals surface area contributed by atoms with Crippen LogP contribution in [0.2, 0.25) is 5.02 Å². The Morgan fingerprint density at radius 1 is 1.10 bits per heavy atom. The zero-order valence-corrected chi connectivity index (χ0v) is 11.8. The minimum Gasteiger partial charge on any atom is -0.294 e. The molecule has 104 valence electrons. The molecule has 2 aromatic carbocycles. The summed E-state index contributed by atoms with van der Waals surface area (Å²) in [6.07, 6.45) is 0.160. The van der Waals surface area contributed by atoms with Gasteiger partial charge >= 0.3 is 0 Å². The summed E-state index contributed by atoms with van der Waals surface area (Å²) in [4.78, 5) is 16.6. The summed E-state index contributed by atoms with van der Waals surface area (Å²) in [6, 6.07) is 15.4. The summed E-state index contributed by atoms with van der Waals surface area (Å²) >= 11 is 5.70. The smallest absolute Gasteiger partial charge is 0.168 e. The molecular weight excluding hydrogens is 289 g/mol. The summed E-state index contributed by atoms with van der Waals surface area (Å²) in [5, 5.41) is 0.978. The quantitative estimate of drug-likeness (QED) is 0.669. The molecule has 0 amide bonds. The molecule has 0 aliphatic heterocycles. The van der Waals surface area contributed by atoms with Crippen molar-refractivity contribution in [3.63, 3.8) is 0 Å². The van der Waals surface area contributed by atoms with Gasteiger partial charge in [-0.2, -0.15) is 0 Å². The van der Waals surface area contributed by atoms with Crippen LogP contribution in [0.25, 0.3) is 10.9 Å². The van der Waals surface area contributed by atoms with Gasteiger partial charge in [-0.3, -0.25) is 9.78 Å². The summed E-state index contributed by atoms with van der Waals surface area (Å²) < 4.78 is 13.1. The van der Waals surface area contributed by atoms with E-state index in [1.807, 2.05) is 36.4 Å².